The lowest BCUT2D eigenvalue weighted by molar-refractivity contribution is -0.120. The van der Waals surface area contributed by atoms with Crippen LogP contribution in [0.15, 0.2) is 54.6 Å². The number of aromatic nitrogens is 2. The lowest BCUT2D eigenvalue weighted by Crippen LogP contribution is -2.43. The Kier molecular flexibility index (Phi) is 7.53. The standard InChI is InChI=1S/C25H25FN4O6/c26-17-3-7-20(8-4-17)35-19-5-1-16(2-6-19)24-28-21(23(27)34)11-22(29-24)36-25(15-32)9-10-30(14-25)12-18(33)13-31/h1-8,11,15,18,31,33H,9-10,12-14H2,(H2,27,34). The summed E-state index contributed by atoms with van der Waals surface area (Å²) in [5, 5.41) is 18.8. The van der Waals surface area contributed by atoms with E-state index < -0.39 is 24.2 Å². The molecule has 10 nitrogen and oxygen atoms in total. The molecule has 2 unspecified atom stereocenters. The van der Waals surface area contributed by atoms with Crippen molar-refractivity contribution >= 4 is 12.2 Å². The Labute approximate surface area is 206 Å². The minimum Gasteiger partial charge on any atom is -0.462 e. The Morgan fingerprint density at radius 1 is 1.17 bits per heavy atom. The Balaban J connectivity index is 1.55. The SMILES string of the molecule is NC(=O)c1cc(OC2(C=O)CCN(CC(O)CO)C2)nc(-c2ccc(Oc3ccc(F)cc3)cc2)n1. The number of nitrogens with zero attached hydrogens (tertiary/aromatic N) is 3. The molecule has 36 heavy (non-hydrogen) atoms. The summed E-state index contributed by atoms with van der Waals surface area (Å²) < 4.78 is 24.7. The number of aliphatic hydroxyl groups excluding tert-OH is 2. The van der Waals surface area contributed by atoms with Gasteiger partial charge in [-0.05, 0) is 48.5 Å². The lowest BCUT2D eigenvalue weighted by Gasteiger charge is -2.25. The molecule has 11 heteroatoms. The third-order valence-electron chi connectivity index (χ3n) is 5.66. The number of β-amino-alcohol motifs (C(OH)–C–C–N with tert-alkyl or cyclic N) is 1. The van der Waals surface area contributed by atoms with Gasteiger partial charge in [0.2, 0.25) is 5.88 Å². The zero-order valence-corrected chi connectivity index (χ0v) is 19.2. The number of amides is 1. The fourth-order valence-electron chi connectivity index (χ4n) is 3.85. The van der Waals surface area contributed by atoms with Gasteiger partial charge >= 0.3 is 0 Å². The number of hydrogen-bond acceptors (Lipinski definition) is 9. The zero-order chi connectivity index (χ0) is 25.7. The third kappa shape index (κ3) is 6.00. The Morgan fingerprint density at radius 2 is 1.83 bits per heavy atom. The Hall–Kier alpha value is -3.93. The van der Waals surface area contributed by atoms with Crippen molar-refractivity contribution in [2.45, 2.75) is 18.1 Å². The van der Waals surface area contributed by atoms with Gasteiger partial charge in [0.25, 0.3) is 5.91 Å². The first-order valence-corrected chi connectivity index (χ1v) is 11.2. The summed E-state index contributed by atoms with van der Waals surface area (Å²) in [7, 11) is 0. The van der Waals surface area contributed by atoms with Crippen LogP contribution >= 0.6 is 0 Å². The maximum Gasteiger partial charge on any atom is 0.267 e. The first kappa shape index (κ1) is 25.2. The highest BCUT2D eigenvalue weighted by molar-refractivity contribution is 5.91. The van der Waals surface area contributed by atoms with Crippen molar-refractivity contribution in [1.29, 1.82) is 0 Å². The van der Waals surface area contributed by atoms with Crippen molar-refractivity contribution in [2.75, 3.05) is 26.2 Å². The van der Waals surface area contributed by atoms with E-state index in [0.717, 1.165) is 0 Å². The monoisotopic (exact) mass is 496 g/mol. The molecular formula is C25H25FN4O6. The van der Waals surface area contributed by atoms with Crippen molar-refractivity contribution in [2.24, 2.45) is 5.73 Å². The number of likely N-dealkylation sites (tertiary alicyclic amines) is 1. The molecule has 1 saturated heterocycles. The molecule has 0 radical (unpaired) electrons. The number of aldehydes is 1. The molecule has 188 valence electrons. The number of rotatable bonds is 10. The molecule has 1 aliphatic rings. The van der Waals surface area contributed by atoms with Gasteiger partial charge in [0.05, 0.1) is 12.7 Å². The van der Waals surface area contributed by atoms with Crippen LogP contribution in [0.2, 0.25) is 0 Å². The second-order valence-corrected chi connectivity index (χ2v) is 8.47. The third-order valence-corrected chi connectivity index (χ3v) is 5.66. The van der Waals surface area contributed by atoms with Crippen molar-refractivity contribution < 1.29 is 33.7 Å². The van der Waals surface area contributed by atoms with Crippen LogP contribution in [0.25, 0.3) is 11.4 Å². The van der Waals surface area contributed by atoms with Gasteiger partial charge in [0.1, 0.15) is 23.0 Å². The highest BCUT2D eigenvalue weighted by atomic mass is 19.1. The average Bonchev–Trinajstić information content (AvgIpc) is 3.28. The first-order chi connectivity index (χ1) is 17.3. The van der Waals surface area contributed by atoms with Crippen LogP contribution in [0.1, 0.15) is 16.9 Å². The first-order valence-electron chi connectivity index (χ1n) is 11.2. The van der Waals surface area contributed by atoms with E-state index in [1.807, 2.05) is 0 Å². The zero-order valence-electron chi connectivity index (χ0n) is 19.2. The summed E-state index contributed by atoms with van der Waals surface area (Å²) in [6.45, 7) is 0.430. The van der Waals surface area contributed by atoms with Crippen LogP contribution in [0, 0.1) is 5.82 Å². The number of nitrogens with two attached hydrogens (primary N) is 1. The fourth-order valence-corrected chi connectivity index (χ4v) is 3.85. The minimum atomic E-state index is -1.25. The number of ether oxygens (including phenoxy) is 2. The van der Waals surface area contributed by atoms with Crippen molar-refractivity contribution in [3.05, 3.63) is 66.1 Å². The molecule has 0 saturated carbocycles. The fraction of sp³-hybridized carbons (Fsp3) is 0.280. The molecule has 2 atom stereocenters. The summed E-state index contributed by atoms with van der Waals surface area (Å²) in [5.74, 6) is -0.0593. The van der Waals surface area contributed by atoms with E-state index >= 15 is 0 Å². The smallest absolute Gasteiger partial charge is 0.267 e. The predicted octanol–water partition coefficient (Wildman–Crippen LogP) is 1.55. The molecule has 1 amide bonds. The molecule has 4 N–H and O–H groups in total. The van der Waals surface area contributed by atoms with Crippen LogP contribution in [-0.2, 0) is 4.79 Å². The Bertz CT molecular complexity index is 1220. The van der Waals surface area contributed by atoms with Gasteiger partial charge in [0.15, 0.2) is 17.7 Å². The number of benzene rings is 2. The highest BCUT2D eigenvalue weighted by Crippen LogP contribution is 2.29. The number of halogens is 1. The molecule has 0 aliphatic carbocycles. The summed E-state index contributed by atoms with van der Waals surface area (Å²) in [6.07, 6.45) is 0.0654. The second kappa shape index (κ2) is 10.8. The van der Waals surface area contributed by atoms with E-state index in [-0.39, 0.29) is 36.3 Å². The summed E-state index contributed by atoms with van der Waals surface area (Å²) in [4.78, 5) is 34.3. The van der Waals surface area contributed by atoms with Crippen LogP contribution in [0.5, 0.6) is 17.4 Å². The van der Waals surface area contributed by atoms with Crippen LogP contribution < -0.4 is 15.2 Å². The van der Waals surface area contributed by atoms with Gasteiger partial charge < -0.3 is 25.4 Å². The van der Waals surface area contributed by atoms with Gasteiger partial charge in [-0.25, -0.2) is 9.37 Å². The number of carbonyl (C=O) groups excluding carboxylic acids is 2. The van der Waals surface area contributed by atoms with E-state index in [1.165, 1.54) is 30.3 Å². The second-order valence-electron chi connectivity index (χ2n) is 8.47. The van der Waals surface area contributed by atoms with Crippen LogP contribution in [-0.4, -0.2) is 75.2 Å². The number of hydrogen-bond donors (Lipinski definition) is 3. The van der Waals surface area contributed by atoms with Crippen molar-refractivity contribution in [3.63, 3.8) is 0 Å². The number of carbonyl (C=O) groups is 2. The molecule has 4 rings (SSSR count). The van der Waals surface area contributed by atoms with E-state index in [9.17, 15) is 19.1 Å². The van der Waals surface area contributed by atoms with Gasteiger partial charge in [-0.1, -0.05) is 0 Å². The van der Waals surface area contributed by atoms with E-state index in [1.54, 1.807) is 29.2 Å². The van der Waals surface area contributed by atoms with Gasteiger partial charge in [-0.2, -0.15) is 4.98 Å². The lowest BCUT2D eigenvalue weighted by atomic mass is 10.1. The molecule has 0 bridgehead atoms. The summed E-state index contributed by atoms with van der Waals surface area (Å²) in [5.41, 5.74) is 4.65. The molecule has 3 aromatic rings. The van der Waals surface area contributed by atoms with E-state index in [4.69, 9.17) is 20.3 Å². The summed E-state index contributed by atoms with van der Waals surface area (Å²) in [6, 6.07) is 13.5. The van der Waals surface area contributed by atoms with Gasteiger partial charge in [-0.15, -0.1) is 0 Å². The average molecular weight is 496 g/mol. The summed E-state index contributed by atoms with van der Waals surface area (Å²) >= 11 is 0. The van der Waals surface area contributed by atoms with Gasteiger partial charge in [-0.3, -0.25) is 14.5 Å². The predicted molar refractivity (Wildman–Crippen MR) is 126 cm³/mol. The molecular weight excluding hydrogens is 471 g/mol. The van der Waals surface area contributed by atoms with Gasteiger partial charge in [0, 0.05) is 37.7 Å². The molecule has 1 fully saturated rings. The molecule has 1 aromatic heterocycles. The van der Waals surface area contributed by atoms with Crippen LogP contribution in [0.3, 0.4) is 0 Å². The number of primary amides is 1. The van der Waals surface area contributed by atoms with E-state index in [0.29, 0.717) is 36.3 Å². The molecule has 2 heterocycles. The molecule has 0 spiro atoms. The number of aliphatic hydroxyl groups is 2. The van der Waals surface area contributed by atoms with Crippen molar-refractivity contribution in [1.82, 2.24) is 14.9 Å². The topological polar surface area (TPSA) is 148 Å². The van der Waals surface area contributed by atoms with Crippen LogP contribution in [0.4, 0.5) is 4.39 Å². The normalized spacial score (nSPS) is 18.5. The van der Waals surface area contributed by atoms with Crippen molar-refractivity contribution in [3.8, 4) is 28.8 Å². The maximum atomic E-state index is 13.1. The largest absolute Gasteiger partial charge is 0.462 e. The molecule has 2 aromatic carbocycles. The quantitative estimate of drug-likeness (QED) is 0.356. The highest BCUT2D eigenvalue weighted by Gasteiger charge is 2.41. The Morgan fingerprint density at radius 3 is 2.44 bits per heavy atom. The maximum absolute atomic E-state index is 13.1. The van der Waals surface area contributed by atoms with E-state index in [2.05, 4.69) is 9.97 Å². The molecule has 1 aliphatic heterocycles. The minimum absolute atomic E-state index is 0.00269.